The fourth-order valence-corrected chi connectivity index (χ4v) is 2.91. The van der Waals surface area contributed by atoms with Crippen LogP contribution in [0.15, 0.2) is 47.5 Å². The van der Waals surface area contributed by atoms with E-state index in [4.69, 9.17) is 16.3 Å². The van der Waals surface area contributed by atoms with E-state index in [1.807, 2.05) is 17.2 Å². The van der Waals surface area contributed by atoms with Crippen LogP contribution in [0.4, 0.5) is 0 Å². The van der Waals surface area contributed by atoms with E-state index in [1.165, 1.54) is 42.6 Å². The Morgan fingerprint density at radius 1 is 1.19 bits per heavy atom. The molecule has 144 valence electrons. The van der Waals surface area contributed by atoms with Crippen molar-refractivity contribution in [1.82, 2.24) is 20.6 Å². The second-order valence-corrected chi connectivity index (χ2v) is 7.22. The SMILES string of the molecule is CCOc1ccc(S(=O)(=O)NNC(=O)CNC(=O)c2cc(Cl)ccn2)cc1. The Kier molecular flexibility index (Phi) is 7.11. The molecule has 1 heterocycles. The second-order valence-electron chi connectivity index (χ2n) is 5.10. The van der Waals surface area contributed by atoms with Crippen molar-refractivity contribution in [2.75, 3.05) is 13.2 Å². The Labute approximate surface area is 161 Å². The average molecular weight is 413 g/mol. The Morgan fingerprint density at radius 3 is 2.52 bits per heavy atom. The van der Waals surface area contributed by atoms with E-state index in [2.05, 4.69) is 10.3 Å². The van der Waals surface area contributed by atoms with E-state index < -0.39 is 28.4 Å². The molecule has 0 aliphatic carbocycles. The van der Waals surface area contributed by atoms with Crippen molar-refractivity contribution in [2.45, 2.75) is 11.8 Å². The number of pyridine rings is 1. The molecule has 0 fully saturated rings. The zero-order chi connectivity index (χ0) is 19.9. The Bertz CT molecular complexity index is 919. The summed E-state index contributed by atoms with van der Waals surface area (Å²) in [4.78, 5) is 29.3. The highest BCUT2D eigenvalue weighted by Crippen LogP contribution is 2.15. The molecule has 1 aromatic heterocycles. The van der Waals surface area contributed by atoms with Crippen molar-refractivity contribution < 1.29 is 22.7 Å². The minimum absolute atomic E-state index is 0.0327. The van der Waals surface area contributed by atoms with Gasteiger partial charge in [0.2, 0.25) is 0 Å². The summed E-state index contributed by atoms with van der Waals surface area (Å²) in [5.41, 5.74) is 2.04. The van der Waals surface area contributed by atoms with Crippen LogP contribution in [0.3, 0.4) is 0 Å². The normalized spacial score (nSPS) is 10.9. The first-order chi connectivity index (χ1) is 12.8. The van der Waals surface area contributed by atoms with Crippen LogP contribution in [0.2, 0.25) is 5.02 Å². The molecule has 0 spiro atoms. The average Bonchev–Trinajstić information content (AvgIpc) is 2.65. The van der Waals surface area contributed by atoms with Crippen LogP contribution in [0, 0.1) is 0 Å². The topological polar surface area (TPSA) is 126 Å². The van der Waals surface area contributed by atoms with Crippen LogP contribution in [-0.2, 0) is 14.8 Å². The number of ether oxygens (including phenoxy) is 1. The van der Waals surface area contributed by atoms with Gasteiger partial charge in [-0.2, -0.15) is 0 Å². The molecule has 2 rings (SSSR count). The van der Waals surface area contributed by atoms with Crippen LogP contribution in [0.1, 0.15) is 17.4 Å². The first-order valence-corrected chi connectivity index (χ1v) is 9.61. The van der Waals surface area contributed by atoms with Crippen LogP contribution in [-0.4, -0.2) is 38.4 Å². The largest absolute Gasteiger partial charge is 0.494 e. The van der Waals surface area contributed by atoms with Crippen molar-refractivity contribution in [1.29, 1.82) is 0 Å². The van der Waals surface area contributed by atoms with Gasteiger partial charge in [-0.05, 0) is 43.3 Å². The van der Waals surface area contributed by atoms with E-state index in [-0.39, 0.29) is 10.6 Å². The molecule has 27 heavy (non-hydrogen) atoms. The monoisotopic (exact) mass is 412 g/mol. The third-order valence-electron chi connectivity index (χ3n) is 3.13. The first kappa shape index (κ1) is 20.6. The molecule has 1 aromatic carbocycles. The molecule has 0 unspecified atom stereocenters. The smallest absolute Gasteiger partial charge is 0.270 e. The molecule has 9 nitrogen and oxygen atoms in total. The number of hydrogen-bond acceptors (Lipinski definition) is 6. The van der Waals surface area contributed by atoms with Gasteiger partial charge in [-0.3, -0.25) is 20.0 Å². The number of nitrogens with zero attached hydrogens (tertiary/aromatic N) is 1. The molecule has 0 saturated heterocycles. The van der Waals surface area contributed by atoms with Gasteiger partial charge in [0.25, 0.3) is 21.8 Å². The maximum Gasteiger partial charge on any atom is 0.270 e. The van der Waals surface area contributed by atoms with E-state index in [0.717, 1.165) is 0 Å². The number of hydrogen-bond donors (Lipinski definition) is 3. The number of amides is 2. The molecular formula is C16H17ClN4O5S. The van der Waals surface area contributed by atoms with Gasteiger partial charge in [-0.25, -0.2) is 8.42 Å². The van der Waals surface area contributed by atoms with Gasteiger partial charge in [0.15, 0.2) is 0 Å². The second kappa shape index (κ2) is 9.31. The quantitative estimate of drug-likeness (QED) is 0.552. The summed E-state index contributed by atoms with van der Waals surface area (Å²) in [6.45, 7) is 1.80. The third kappa shape index (κ3) is 6.20. The third-order valence-corrected chi connectivity index (χ3v) is 4.63. The number of benzene rings is 1. The molecule has 0 saturated carbocycles. The molecule has 0 bridgehead atoms. The number of rotatable bonds is 8. The number of carbonyl (C=O) groups excluding carboxylic acids is 2. The number of aromatic nitrogens is 1. The van der Waals surface area contributed by atoms with E-state index in [9.17, 15) is 18.0 Å². The van der Waals surface area contributed by atoms with Gasteiger partial charge >= 0.3 is 0 Å². The number of hydrazine groups is 1. The predicted molar refractivity (Wildman–Crippen MR) is 97.7 cm³/mol. The van der Waals surface area contributed by atoms with Gasteiger partial charge in [-0.1, -0.05) is 11.6 Å². The van der Waals surface area contributed by atoms with Crippen molar-refractivity contribution in [3.8, 4) is 5.75 Å². The fourth-order valence-electron chi connectivity index (χ4n) is 1.89. The minimum Gasteiger partial charge on any atom is -0.494 e. The number of carbonyl (C=O) groups is 2. The van der Waals surface area contributed by atoms with Crippen molar-refractivity contribution in [3.05, 3.63) is 53.3 Å². The first-order valence-electron chi connectivity index (χ1n) is 7.75. The molecule has 11 heteroatoms. The van der Waals surface area contributed by atoms with Gasteiger partial charge in [-0.15, -0.1) is 4.83 Å². The van der Waals surface area contributed by atoms with Crippen molar-refractivity contribution in [3.63, 3.8) is 0 Å². The summed E-state index contributed by atoms with van der Waals surface area (Å²) in [6, 6.07) is 8.51. The molecule has 2 amide bonds. The fraction of sp³-hybridized carbons (Fsp3) is 0.188. The van der Waals surface area contributed by atoms with E-state index in [0.29, 0.717) is 17.4 Å². The lowest BCUT2D eigenvalue weighted by Crippen LogP contribution is -2.46. The van der Waals surface area contributed by atoms with Gasteiger partial charge < -0.3 is 10.1 Å². The number of nitrogens with one attached hydrogen (secondary N) is 3. The molecule has 0 radical (unpaired) electrons. The summed E-state index contributed by atoms with van der Waals surface area (Å²) in [5, 5.41) is 2.62. The van der Waals surface area contributed by atoms with Gasteiger partial charge in [0.05, 0.1) is 18.0 Å². The van der Waals surface area contributed by atoms with Gasteiger partial charge in [0, 0.05) is 11.2 Å². The van der Waals surface area contributed by atoms with Crippen LogP contribution in [0.5, 0.6) is 5.75 Å². The zero-order valence-corrected chi connectivity index (χ0v) is 15.8. The minimum atomic E-state index is -3.96. The van der Waals surface area contributed by atoms with Crippen LogP contribution in [0.25, 0.3) is 0 Å². The van der Waals surface area contributed by atoms with Crippen LogP contribution < -0.4 is 20.3 Å². The standard InChI is InChI=1S/C16H17ClN4O5S/c1-2-26-12-3-5-13(6-4-12)27(24,25)21-20-15(22)10-19-16(23)14-9-11(17)7-8-18-14/h3-9,21H,2,10H2,1H3,(H,19,23)(H,20,22). The van der Waals surface area contributed by atoms with Crippen LogP contribution >= 0.6 is 11.6 Å². The predicted octanol–water partition coefficient (Wildman–Crippen LogP) is 0.873. The maximum absolute atomic E-state index is 12.1. The highest BCUT2D eigenvalue weighted by atomic mass is 35.5. The lowest BCUT2D eigenvalue weighted by Gasteiger charge is -2.10. The lowest BCUT2D eigenvalue weighted by molar-refractivity contribution is -0.120. The Balaban J connectivity index is 1.86. The van der Waals surface area contributed by atoms with Crippen molar-refractivity contribution >= 4 is 33.4 Å². The molecule has 0 aliphatic rings. The van der Waals surface area contributed by atoms with E-state index in [1.54, 1.807) is 0 Å². The summed E-state index contributed by atoms with van der Waals surface area (Å²) >= 11 is 5.75. The molecule has 0 atom stereocenters. The molecule has 2 aromatic rings. The van der Waals surface area contributed by atoms with Gasteiger partial charge in [0.1, 0.15) is 11.4 Å². The zero-order valence-electron chi connectivity index (χ0n) is 14.2. The number of sulfonamides is 1. The molecule has 0 aliphatic heterocycles. The molecule has 3 N–H and O–H groups in total. The maximum atomic E-state index is 12.1. The molecular weight excluding hydrogens is 396 g/mol. The summed E-state index contributed by atoms with van der Waals surface area (Å²) in [5.74, 6) is -0.861. The summed E-state index contributed by atoms with van der Waals surface area (Å²) < 4.78 is 29.5. The Morgan fingerprint density at radius 2 is 1.89 bits per heavy atom. The highest BCUT2D eigenvalue weighted by Gasteiger charge is 2.16. The summed E-state index contributed by atoms with van der Waals surface area (Å²) in [6.07, 6.45) is 1.35. The Hall–Kier alpha value is -2.69. The summed E-state index contributed by atoms with van der Waals surface area (Å²) in [7, 11) is -3.96. The van der Waals surface area contributed by atoms with E-state index >= 15 is 0 Å². The highest BCUT2D eigenvalue weighted by molar-refractivity contribution is 7.89. The lowest BCUT2D eigenvalue weighted by atomic mass is 10.3. The van der Waals surface area contributed by atoms with Crippen molar-refractivity contribution in [2.24, 2.45) is 0 Å². The number of halogens is 1.